The maximum atomic E-state index is 14.0. The van der Waals surface area contributed by atoms with E-state index >= 15 is 0 Å². The zero-order valence-electron chi connectivity index (χ0n) is 71.3. The average Bonchev–Trinajstić information content (AvgIpc) is 0.745. The Bertz CT molecular complexity index is 2290. The molecule has 1 saturated heterocycles. The van der Waals surface area contributed by atoms with Crippen LogP contribution in [0.1, 0.15) is 186 Å². The number of unbranched alkanes of at least 4 members (excludes halogenated alkanes) is 23. The molecule has 1 aliphatic rings. The molecular formula is C64H155NO23Si16. The Balaban J connectivity index is 3.07. The Morgan fingerprint density at radius 3 is 0.952 bits per heavy atom. The van der Waals surface area contributed by atoms with Crippen LogP contribution in [0.3, 0.4) is 0 Å². The van der Waals surface area contributed by atoms with Gasteiger partial charge in [-0.1, -0.05) is 148 Å². The van der Waals surface area contributed by atoms with Crippen LogP contribution in [0.15, 0.2) is 0 Å². The number of hydrogen-bond acceptors (Lipinski definition) is 23. The molecule has 1 aliphatic heterocycles. The lowest BCUT2D eigenvalue weighted by Crippen LogP contribution is -2.75. The molecule has 104 heavy (non-hydrogen) atoms. The Labute approximate surface area is 653 Å². The van der Waals surface area contributed by atoms with Crippen LogP contribution in [0.5, 0.6) is 0 Å². The highest BCUT2D eigenvalue weighted by atomic mass is 28.6. The number of amides is 1. The van der Waals surface area contributed by atoms with Crippen LogP contribution in [0.4, 0.5) is 0 Å². The monoisotopic (exact) mass is 1750 g/mol. The molecule has 40 heteroatoms. The van der Waals surface area contributed by atoms with E-state index in [1.807, 2.05) is 111 Å². The van der Waals surface area contributed by atoms with Crippen molar-refractivity contribution in [3.05, 3.63) is 0 Å². The van der Waals surface area contributed by atoms with Crippen LogP contribution >= 0.6 is 0 Å². The first kappa shape index (κ1) is 103. The summed E-state index contributed by atoms with van der Waals surface area (Å²) in [6, 6.07) is 2.65. The second-order valence-corrected chi connectivity index (χ2v) is 89.1. The topological polar surface area (TPSA) is 248 Å². The summed E-state index contributed by atoms with van der Waals surface area (Å²) in [5, 5.41) is 3.37. The van der Waals surface area contributed by atoms with Gasteiger partial charge in [-0.15, -0.1) is 0 Å². The highest BCUT2D eigenvalue weighted by Crippen LogP contribution is 2.40. The molecule has 1 amide bonds. The van der Waals surface area contributed by atoms with Crippen molar-refractivity contribution in [1.29, 1.82) is 0 Å². The quantitative estimate of drug-likeness (QED) is 0.0439. The van der Waals surface area contributed by atoms with Crippen molar-refractivity contribution in [2.24, 2.45) is 5.92 Å². The normalized spacial score (nSPS) is 20.2. The van der Waals surface area contributed by atoms with Crippen LogP contribution < -0.4 is 5.32 Å². The van der Waals surface area contributed by atoms with Gasteiger partial charge in [-0.25, -0.2) is 0 Å². The van der Waals surface area contributed by atoms with Gasteiger partial charge in [0.25, 0.3) is 0 Å². The lowest BCUT2D eigenvalue weighted by Gasteiger charge is -2.50. The molecule has 0 aromatic carbocycles. The van der Waals surface area contributed by atoms with Gasteiger partial charge in [0.1, 0.15) is 0 Å². The van der Waals surface area contributed by atoms with Crippen molar-refractivity contribution >= 4 is 145 Å². The largest absolute Gasteiger partial charge is 0.739 e. The molecule has 1 fully saturated rings. The smallest absolute Gasteiger partial charge is 0.552 e. The molecule has 0 saturated carbocycles. The maximum Gasteiger partial charge on any atom is 0.739 e. The van der Waals surface area contributed by atoms with Gasteiger partial charge in [-0.3, -0.25) is 13.7 Å². The number of nitrogens with one attached hydrogen (secondary N) is 1. The molecule has 0 radical (unpaired) electrons. The van der Waals surface area contributed by atoms with Crippen LogP contribution in [0.25, 0.3) is 0 Å². The van der Waals surface area contributed by atoms with E-state index in [1.54, 1.807) is 68.8 Å². The number of carbonyl (C=O) groups is 1. The SMILES string of the molecule is CO[Si](CCCCCCCCCCCC(CCCCCCCCCCC[Si](OC)(OC)OC)CNC(=O)CCCCCCCCCC[Si](C)(C)O[Si](C)(C)O[Si]1(C)O[Si](C)(O[Si](=O)O[Si](C)(C)C)O[Si](C)(O[Si](=O)O[Si](C)(C)C)O[Si](C)(O[Si](O[Si](C)(C)C)(O[Si](C)(C)C)O[Si](C)(C)C)O1)(OC)OC. The Morgan fingerprint density at radius 2 is 0.635 bits per heavy atom. The van der Waals surface area contributed by atoms with E-state index < -0.39 is 139 Å². The van der Waals surface area contributed by atoms with Gasteiger partial charge in [-0.2, -0.15) is 0 Å². The van der Waals surface area contributed by atoms with E-state index in [0.29, 0.717) is 12.3 Å². The van der Waals surface area contributed by atoms with Crippen molar-refractivity contribution in [3.63, 3.8) is 0 Å². The van der Waals surface area contributed by atoms with E-state index in [-0.39, 0.29) is 5.91 Å². The molecular weight excluding hydrogens is 1600 g/mol. The van der Waals surface area contributed by atoms with Gasteiger partial charge in [0, 0.05) is 93.9 Å². The minimum Gasteiger partial charge on any atom is -0.552 e. The van der Waals surface area contributed by atoms with E-state index in [9.17, 15) is 13.7 Å². The molecule has 0 aromatic rings. The van der Waals surface area contributed by atoms with Crippen molar-refractivity contribution in [2.45, 2.75) is 355 Å². The predicted octanol–water partition coefficient (Wildman–Crippen LogP) is 18.7. The fraction of sp³-hybridized carbons (Fsp3) is 0.984. The van der Waals surface area contributed by atoms with Crippen LogP contribution in [-0.2, 0) is 97.9 Å². The Kier molecular flexibility index (Phi) is 48.1. The van der Waals surface area contributed by atoms with E-state index in [4.69, 9.17) is 84.2 Å². The van der Waals surface area contributed by atoms with E-state index in [1.165, 1.54) is 116 Å². The molecule has 1 N–H and O–H groups in total. The third-order valence-corrected chi connectivity index (χ3v) is 67.0. The Morgan fingerprint density at radius 1 is 0.356 bits per heavy atom. The van der Waals surface area contributed by atoms with Crippen molar-refractivity contribution < 1.29 is 97.9 Å². The summed E-state index contributed by atoms with van der Waals surface area (Å²) in [6.07, 6.45) is 33.8. The van der Waals surface area contributed by atoms with Crippen molar-refractivity contribution in [1.82, 2.24) is 5.32 Å². The lowest BCUT2D eigenvalue weighted by molar-refractivity contribution is -0.121. The first-order valence-electron chi connectivity index (χ1n) is 39.2. The summed E-state index contributed by atoms with van der Waals surface area (Å²) in [5.41, 5.74) is 0. The van der Waals surface area contributed by atoms with Gasteiger partial charge in [0.2, 0.25) is 22.5 Å². The molecule has 1 heterocycles. The second kappa shape index (κ2) is 48.5. The van der Waals surface area contributed by atoms with Gasteiger partial charge < -0.3 is 89.5 Å². The molecule has 0 spiro atoms. The highest BCUT2D eigenvalue weighted by Gasteiger charge is 2.70. The van der Waals surface area contributed by atoms with Crippen LogP contribution in [-0.4, -0.2) is 194 Å². The van der Waals surface area contributed by atoms with E-state index in [2.05, 4.69) is 18.4 Å². The number of rotatable bonds is 63. The first-order valence-corrected chi connectivity index (χ1v) is 79.1. The van der Waals surface area contributed by atoms with Gasteiger partial charge >= 0.3 is 88.8 Å². The van der Waals surface area contributed by atoms with Crippen LogP contribution in [0, 0.1) is 5.92 Å². The minimum atomic E-state index is -4.40. The van der Waals surface area contributed by atoms with Gasteiger partial charge in [-0.05, 0) is 168 Å². The summed E-state index contributed by atoms with van der Waals surface area (Å²) in [4.78, 5) is 13.3. The molecule has 0 bridgehead atoms. The third kappa shape index (κ3) is 49.0. The summed E-state index contributed by atoms with van der Waals surface area (Å²) in [7, 11) is -41.1. The molecule has 1 rings (SSSR count). The summed E-state index contributed by atoms with van der Waals surface area (Å²) < 4.78 is 157. The standard InChI is InChI=1S/C64H155NO23Si16/c1-69-102(70-2,71-3)60-54-48-42-35-30-32-38-44-50-56-63(57-51-45-39-33-31-36-43-49-55-61-103(72-4,73-5)74-6)62-65-64(66)58-52-46-40-34-37-41-47-53-59-96(22,23)82-97(24,25)83-100(28)85-98(26,77-89(67)75-91(7,8)9)84-99(27,78-90(68)76-92(10,11)12)86-101(29,87-100)88-104(79-93(13,14)15,80-94(16,17)18)81-95(19,20)21/h63H,30-62H2,1-29H3,(H,65,66). The molecule has 24 nitrogen and oxygen atoms in total. The predicted molar refractivity (Wildman–Crippen MR) is 450 cm³/mol. The zero-order chi connectivity index (χ0) is 79.5. The minimum absolute atomic E-state index is 0.194. The van der Waals surface area contributed by atoms with Gasteiger partial charge in [0.05, 0.1) is 0 Å². The fourth-order valence-corrected chi connectivity index (χ4v) is 66.2. The fourth-order valence-electron chi connectivity index (χ4n) is 12.8. The summed E-state index contributed by atoms with van der Waals surface area (Å²) in [6.45, 7) is 45.6. The summed E-state index contributed by atoms with van der Waals surface area (Å²) >= 11 is 0. The van der Waals surface area contributed by atoms with Gasteiger partial charge in [0.15, 0.2) is 33.3 Å². The molecule has 0 aliphatic carbocycles. The van der Waals surface area contributed by atoms with Crippen LogP contribution in [0.2, 0.25) is 169 Å². The number of carbonyl (C=O) groups excluding carboxylic acids is 1. The average molecular weight is 1760 g/mol. The second-order valence-electron chi connectivity index (χ2n) is 34.6. The molecule has 4 atom stereocenters. The molecule has 0 aromatic heterocycles. The summed E-state index contributed by atoms with van der Waals surface area (Å²) in [5.74, 6) is 0.724. The molecule has 4 unspecified atom stereocenters. The first-order chi connectivity index (χ1) is 47.8. The number of hydrogen-bond donors (Lipinski definition) is 1. The highest BCUT2D eigenvalue weighted by molar-refractivity contribution is 6.96. The zero-order valence-corrected chi connectivity index (χ0v) is 87.3. The third-order valence-electron chi connectivity index (χ3n) is 16.9. The lowest BCUT2D eigenvalue weighted by atomic mass is 9.93. The van der Waals surface area contributed by atoms with Crippen molar-refractivity contribution in [3.8, 4) is 0 Å². The van der Waals surface area contributed by atoms with E-state index in [0.717, 1.165) is 88.9 Å². The van der Waals surface area contributed by atoms with Crippen molar-refractivity contribution in [2.75, 3.05) is 49.2 Å². The maximum absolute atomic E-state index is 14.0. The molecule has 618 valence electrons. The Hall–Kier alpha value is 1.10.